The van der Waals surface area contributed by atoms with Crippen LogP contribution in [0.1, 0.15) is 74.0 Å². The van der Waals surface area contributed by atoms with Gasteiger partial charge in [-0.25, -0.2) is 0 Å². The molecule has 3 aromatic rings. The minimum absolute atomic E-state index is 0.107. The third kappa shape index (κ3) is 3.73. The van der Waals surface area contributed by atoms with Crippen molar-refractivity contribution < 1.29 is 20.4 Å². The number of aromatic nitrogens is 2. The first-order valence-corrected chi connectivity index (χ1v) is 14.3. The van der Waals surface area contributed by atoms with Crippen LogP contribution in [-0.2, 0) is 6.54 Å². The lowest BCUT2D eigenvalue weighted by Crippen LogP contribution is -2.40. The number of nitrogens with zero attached hydrogens (tertiary/aromatic N) is 3. The summed E-state index contributed by atoms with van der Waals surface area (Å²) in [5, 5.41) is 44.2. The van der Waals surface area contributed by atoms with Gasteiger partial charge in [-0.1, -0.05) is 31.0 Å². The zero-order chi connectivity index (χ0) is 25.3. The number of aromatic hydroxyl groups is 2. The Morgan fingerprint density at radius 1 is 0.757 bits per heavy atom. The predicted molar refractivity (Wildman–Crippen MR) is 142 cm³/mol. The van der Waals surface area contributed by atoms with Gasteiger partial charge in [0, 0.05) is 66.9 Å². The highest BCUT2D eigenvalue weighted by molar-refractivity contribution is 5.80. The van der Waals surface area contributed by atoms with Crippen LogP contribution < -0.4 is 0 Å². The lowest BCUT2D eigenvalue weighted by Gasteiger charge is -2.39. The Morgan fingerprint density at radius 2 is 1.38 bits per heavy atom. The zero-order valence-electron chi connectivity index (χ0n) is 21.4. The van der Waals surface area contributed by atoms with Crippen molar-refractivity contribution in [2.75, 3.05) is 19.6 Å². The summed E-state index contributed by atoms with van der Waals surface area (Å²) in [5.74, 6) is 0.606. The smallest absolute Gasteiger partial charge is 0.197 e. The number of benzene rings is 1. The van der Waals surface area contributed by atoms with Crippen molar-refractivity contribution in [3.05, 3.63) is 47.7 Å². The van der Waals surface area contributed by atoms with Crippen LogP contribution in [0.3, 0.4) is 0 Å². The molecule has 4 unspecified atom stereocenters. The monoisotopic (exact) mass is 505 g/mol. The third-order valence-electron chi connectivity index (χ3n) is 10.3. The van der Waals surface area contributed by atoms with Crippen molar-refractivity contribution in [2.45, 2.75) is 81.6 Å². The van der Waals surface area contributed by atoms with Gasteiger partial charge in [-0.3, -0.25) is 4.57 Å². The molecule has 2 saturated carbocycles. The molecule has 0 radical (unpaired) electrons. The maximum atomic E-state index is 11.1. The lowest BCUT2D eigenvalue weighted by atomic mass is 9.78. The molecular weight excluding hydrogens is 466 g/mol. The summed E-state index contributed by atoms with van der Waals surface area (Å²) >= 11 is 0. The lowest BCUT2D eigenvalue weighted by molar-refractivity contribution is 0.0211. The third-order valence-corrected chi connectivity index (χ3v) is 10.3. The van der Waals surface area contributed by atoms with E-state index in [0.717, 1.165) is 38.9 Å². The Kier molecular flexibility index (Phi) is 5.79. The molecular formula is C30H39N3O4. The summed E-state index contributed by atoms with van der Waals surface area (Å²) in [6.45, 7) is 3.89. The molecule has 7 heteroatoms. The predicted octanol–water partition coefficient (Wildman–Crippen LogP) is 4.30. The molecule has 7 nitrogen and oxygen atoms in total. The van der Waals surface area contributed by atoms with Gasteiger partial charge in [-0.15, -0.1) is 0 Å². The summed E-state index contributed by atoms with van der Waals surface area (Å²) in [6.07, 6.45) is 8.21. The van der Waals surface area contributed by atoms with Crippen LogP contribution >= 0.6 is 0 Å². The normalized spacial score (nSPS) is 32.4. The molecule has 6 atom stereocenters. The van der Waals surface area contributed by atoms with Crippen molar-refractivity contribution in [1.82, 2.24) is 14.0 Å². The standard InChI is InChI=1S/C30H39N3O4/c34-27-22-15-23(28(27)35)26-25(22)29(36)33(30(26)37)17-20-7-2-1-6-19(20)16-31-12-10-21(11-13-31)32-14-9-18-5-3-4-8-24(18)32/h3-5,8-9,14,19-23,27-28,34-37H,1-2,6-7,10-13,15-17H2/t19-,20-,22?,23?,27?,28?/m0/s1. The highest BCUT2D eigenvalue weighted by Gasteiger charge is 2.54. The van der Waals surface area contributed by atoms with E-state index in [0.29, 0.717) is 42.0 Å². The number of para-hydroxylation sites is 1. The Morgan fingerprint density at radius 3 is 2.05 bits per heavy atom. The number of hydrogen-bond donors (Lipinski definition) is 4. The van der Waals surface area contributed by atoms with Crippen molar-refractivity contribution in [3.63, 3.8) is 0 Å². The molecule has 3 fully saturated rings. The average molecular weight is 506 g/mol. The quantitative estimate of drug-likeness (QED) is 0.415. The second-order valence-electron chi connectivity index (χ2n) is 12.1. The summed E-state index contributed by atoms with van der Waals surface area (Å²) < 4.78 is 4.15. The second-order valence-corrected chi connectivity index (χ2v) is 12.1. The Balaban J connectivity index is 1.03. The molecule has 4 N–H and O–H groups in total. The van der Waals surface area contributed by atoms with Crippen molar-refractivity contribution in [3.8, 4) is 11.8 Å². The first kappa shape index (κ1) is 23.6. The van der Waals surface area contributed by atoms with Crippen LogP contribution in [0.4, 0.5) is 0 Å². The fourth-order valence-corrected chi connectivity index (χ4v) is 8.28. The fourth-order valence-electron chi connectivity index (χ4n) is 8.28. The van der Waals surface area contributed by atoms with Gasteiger partial charge in [0.2, 0.25) is 0 Å². The molecule has 3 heterocycles. The SMILES string of the molecule is Oc1c2c(c(O)n1C[C@@H]1CCCC[C@H]1CN1CCC(n3ccc4ccccc43)CC1)C1CC2C(O)C1O. The number of hydrogen-bond acceptors (Lipinski definition) is 5. The van der Waals surface area contributed by atoms with Crippen LogP contribution in [0.2, 0.25) is 0 Å². The molecule has 37 heavy (non-hydrogen) atoms. The van der Waals surface area contributed by atoms with Gasteiger partial charge < -0.3 is 29.9 Å². The van der Waals surface area contributed by atoms with Crippen molar-refractivity contribution >= 4 is 10.9 Å². The molecule has 7 rings (SSSR count). The van der Waals surface area contributed by atoms with E-state index >= 15 is 0 Å². The van der Waals surface area contributed by atoms with E-state index in [-0.39, 0.29) is 23.6 Å². The summed E-state index contributed by atoms with van der Waals surface area (Å²) in [6, 6.07) is 11.4. The highest BCUT2D eigenvalue weighted by atomic mass is 16.3. The van der Waals surface area contributed by atoms with E-state index in [1.54, 1.807) is 4.57 Å². The van der Waals surface area contributed by atoms with Gasteiger partial charge in [0.25, 0.3) is 0 Å². The fraction of sp³-hybridized carbons (Fsp3) is 0.600. The van der Waals surface area contributed by atoms with Crippen molar-refractivity contribution in [2.24, 2.45) is 11.8 Å². The number of fused-ring (bicyclic) bond motifs is 6. The number of likely N-dealkylation sites (tertiary alicyclic amines) is 1. The van der Waals surface area contributed by atoms with Gasteiger partial charge >= 0.3 is 0 Å². The van der Waals surface area contributed by atoms with E-state index in [1.165, 1.54) is 30.2 Å². The van der Waals surface area contributed by atoms with Gasteiger partial charge in [0.15, 0.2) is 11.8 Å². The van der Waals surface area contributed by atoms with E-state index < -0.39 is 12.2 Å². The maximum absolute atomic E-state index is 11.1. The molecule has 0 spiro atoms. The number of piperidine rings is 1. The molecule has 2 bridgehead atoms. The topological polar surface area (TPSA) is 94.0 Å². The molecule has 1 aliphatic heterocycles. The van der Waals surface area contributed by atoms with E-state index in [1.807, 2.05) is 0 Å². The molecule has 1 saturated heterocycles. The Bertz CT molecular complexity index is 1250. The molecule has 198 valence electrons. The Labute approximate surface area is 217 Å². The van der Waals surface area contributed by atoms with E-state index in [9.17, 15) is 20.4 Å². The minimum atomic E-state index is -0.853. The van der Waals surface area contributed by atoms with E-state index in [4.69, 9.17) is 0 Å². The number of aliphatic hydroxyl groups is 2. The van der Waals surface area contributed by atoms with E-state index in [2.05, 4.69) is 46.0 Å². The first-order valence-electron chi connectivity index (χ1n) is 14.3. The summed E-state index contributed by atoms with van der Waals surface area (Å²) in [7, 11) is 0. The largest absolute Gasteiger partial charge is 0.494 e. The van der Waals surface area contributed by atoms with Crippen LogP contribution in [0.5, 0.6) is 11.8 Å². The van der Waals surface area contributed by atoms with Gasteiger partial charge in [0.05, 0.1) is 12.2 Å². The molecule has 3 aliphatic carbocycles. The minimum Gasteiger partial charge on any atom is -0.494 e. The van der Waals surface area contributed by atoms with Crippen LogP contribution in [0.25, 0.3) is 10.9 Å². The first-order chi connectivity index (χ1) is 18.0. The van der Waals surface area contributed by atoms with Crippen LogP contribution in [0.15, 0.2) is 36.5 Å². The van der Waals surface area contributed by atoms with Gasteiger partial charge in [-0.05, 0) is 61.5 Å². The zero-order valence-corrected chi connectivity index (χ0v) is 21.4. The van der Waals surface area contributed by atoms with Gasteiger partial charge in [-0.2, -0.15) is 0 Å². The number of aliphatic hydroxyl groups excluding tert-OH is 2. The molecule has 1 aromatic carbocycles. The summed E-state index contributed by atoms with van der Waals surface area (Å²) in [5.41, 5.74) is 2.68. The summed E-state index contributed by atoms with van der Waals surface area (Å²) in [4.78, 5) is 2.63. The molecule has 2 aromatic heterocycles. The van der Waals surface area contributed by atoms with Gasteiger partial charge in [0.1, 0.15) is 0 Å². The number of rotatable bonds is 5. The average Bonchev–Trinajstić information content (AvgIpc) is 3.65. The van der Waals surface area contributed by atoms with Crippen molar-refractivity contribution in [1.29, 1.82) is 0 Å². The van der Waals surface area contributed by atoms with Crippen LogP contribution in [0, 0.1) is 11.8 Å². The molecule has 4 aliphatic rings. The molecule has 0 amide bonds. The Hall–Kier alpha value is -2.48. The highest BCUT2D eigenvalue weighted by Crippen LogP contribution is 2.60. The second kappa shape index (κ2) is 9.07. The van der Waals surface area contributed by atoms with Crippen LogP contribution in [-0.4, -0.2) is 66.3 Å². The maximum Gasteiger partial charge on any atom is 0.197 e.